The predicted molar refractivity (Wildman–Crippen MR) is 145 cm³/mol. The topological polar surface area (TPSA) is 118 Å². The normalized spacial score (nSPS) is 19.1. The Labute approximate surface area is 226 Å². The molecule has 1 saturated heterocycles. The van der Waals surface area contributed by atoms with Gasteiger partial charge < -0.3 is 25.0 Å². The number of ether oxygens (including phenoxy) is 2. The number of thioether (sulfide) groups is 1. The molecule has 3 atom stereocenters. The Hall–Kier alpha value is -3.24. The first-order valence-corrected chi connectivity index (χ1v) is 13.6. The minimum atomic E-state index is -0.852. The molecule has 3 N–H and O–H groups in total. The number of anilines is 1. The maximum Gasteiger partial charge on any atom is 0.303 e. The summed E-state index contributed by atoms with van der Waals surface area (Å²) in [5, 5.41) is 21.9. The number of benzene rings is 2. The van der Waals surface area contributed by atoms with Crippen molar-refractivity contribution in [1.29, 1.82) is 0 Å². The quantitative estimate of drug-likeness (QED) is 0.205. The molecule has 0 saturated carbocycles. The second-order valence-corrected chi connectivity index (χ2v) is 10.1. The summed E-state index contributed by atoms with van der Waals surface area (Å²) in [4.78, 5) is 27.2. The number of carboxylic acids is 1. The zero-order chi connectivity index (χ0) is 26.7. The van der Waals surface area contributed by atoms with Gasteiger partial charge >= 0.3 is 5.97 Å². The van der Waals surface area contributed by atoms with Crippen molar-refractivity contribution in [3.05, 3.63) is 89.6 Å². The Kier molecular flexibility index (Phi) is 10.3. The number of hydrogen-bond acceptors (Lipinski definition) is 7. The maximum atomic E-state index is 12.2. The van der Waals surface area contributed by atoms with Crippen LogP contribution >= 0.6 is 11.8 Å². The molecule has 0 unspecified atom stereocenters. The average Bonchev–Trinajstić information content (AvgIpc) is 2.95. The number of aliphatic carboxylic acids is 1. The van der Waals surface area contributed by atoms with Crippen molar-refractivity contribution in [2.45, 2.75) is 62.2 Å². The molecule has 0 aliphatic carbocycles. The van der Waals surface area contributed by atoms with E-state index in [0.717, 1.165) is 27.5 Å². The van der Waals surface area contributed by atoms with Crippen molar-refractivity contribution in [2.75, 3.05) is 11.1 Å². The number of aliphatic hydroxyl groups excluding tert-OH is 1. The van der Waals surface area contributed by atoms with E-state index in [-0.39, 0.29) is 37.6 Å². The first-order chi connectivity index (χ1) is 18.5. The highest BCUT2D eigenvalue weighted by molar-refractivity contribution is 7.99. The highest BCUT2D eigenvalue weighted by Gasteiger charge is 2.32. The maximum absolute atomic E-state index is 12.2. The van der Waals surface area contributed by atoms with Crippen LogP contribution in [0.5, 0.6) is 0 Å². The van der Waals surface area contributed by atoms with Gasteiger partial charge in [0.05, 0.1) is 23.8 Å². The van der Waals surface area contributed by atoms with Crippen molar-refractivity contribution in [2.24, 2.45) is 0 Å². The van der Waals surface area contributed by atoms with E-state index in [9.17, 15) is 14.7 Å². The van der Waals surface area contributed by atoms with Gasteiger partial charge in [-0.15, -0.1) is 11.8 Å². The van der Waals surface area contributed by atoms with E-state index < -0.39 is 12.3 Å². The molecule has 9 heteroatoms. The zero-order valence-electron chi connectivity index (χ0n) is 21.0. The van der Waals surface area contributed by atoms with Crippen LogP contribution in [-0.2, 0) is 25.7 Å². The van der Waals surface area contributed by atoms with Crippen molar-refractivity contribution < 1.29 is 29.3 Å². The first-order valence-electron chi connectivity index (χ1n) is 12.7. The number of nitrogens with one attached hydrogen (secondary N) is 1. The summed E-state index contributed by atoms with van der Waals surface area (Å²) in [6, 6.07) is 21.0. The van der Waals surface area contributed by atoms with Gasteiger partial charge in [-0.3, -0.25) is 9.59 Å². The monoisotopic (exact) mass is 536 g/mol. The minimum absolute atomic E-state index is 0.00784. The third-order valence-corrected chi connectivity index (χ3v) is 7.26. The van der Waals surface area contributed by atoms with Crippen LogP contribution in [0.25, 0.3) is 0 Å². The van der Waals surface area contributed by atoms with Crippen LogP contribution in [0, 0.1) is 0 Å². The molecular weight excluding hydrogens is 504 g/mol. The number of carbonyl (C=O) groups is 2. The van der Waals surface area contributed by atoms with Crippen LogP contribution in [0.2, 0.25) is 0 Å². The lowest BCUT2D eigenvalue weighted by atomic mass is 10.0. The Bertz CT molecular complexity index is 1170. The fraction of sp³-hybridized carbons (Fsp3) is 0.345. The van der Waals surface area contributed by atoms with Gasteiger partial charge in [-0.05, 0) is 48.2 Å². The lowest BCUT2D eigenvalue weighted by Gasteiger charge is -2.36. The van der Waals surface area contributed by atoms with Crippen LogP contribution < -0.4 is 5.32 Å². The van der Waals surface area contributed by atoms with Gasteiger partial charge in [0.15, 0.2) is 6.29 Å². The summed E-state index contributed by atoms with van der Waals surface area (Å²) in [5.41, 5.74) is 3.37. The van der Waals surface area contributed by atoms with Crippen molar-refractivity contribution in [1.82, 2.24) is 4.98 Å². The van der Waals surface area contributed by atoms with Gasteiger partial charge in [-0.1, -0.05) is 42.5 Å². The first kappa shape index (κ1) is 27.8. The standard InChI is InChI=1S/C29H32N2O6S/c32-18-20-8-10-21(11-9-20)25-17-24(19-38-27-6-3-4-16-30-27)36-29(37-25)22-12-14-23(15-13-22)31-26(33)5-1-2-7-28(34)35/h3-4,6,8-16,24-25,29,32H,1-2,5,7,17-19H2,(H,31,33)(H,34,35)/t24-,25+,29+/m1/s1. The van der Waals surface area contributed by atoms with Crippen molar-refractivity contribution in [3.63, 3.8) is 0 Å². The minimum Gasteiger partial charge on any atom is -0.481 e. The molecule has 3 aromatic rings. The van der Waals surface area contributed by atoms with E-state index in [0.29, 0.717) is 24.9 Å². The number of aliphatic hydroxyl groups is 1. The summed E-state index contributed by atoms with van der Waals surface area (Å²) in [6.45, 7) is -0.00784. The Morgan fingerprint density at radius 1 is 0.947 bits per heavy atom. The third kappa shape index (κ3) is 8.39. The van der Waals surface area contributed by atoms with Gasteiger partial charge in [0.25, 0.3) is 0 Å². The number of pyridine rings is 1. The lowest BCUT2D eigenvalue weighted by molar-refractivity contribution is -0.245. The third-order valence-electron chi connectivity index (χ3n) is 6.18. The average molecular weight is 537 g/mol. The van der Waals surface area contributed by atoms with E-state index >= 15 is 0 Å². The number of carbonyl (C=O) groups excluding carboxylic acids is 1. The van der Waals surface area contributed by atoms with Gasteiger partial charge in [0.1, 0.15) is 0 Å². The van der Waals surface area contributed by atoms with E-state index in [1.54, 1.807) is 18.0 Å². The molecule has 1 aliphatic rings. The predicted octanol–water partition coefficient (Wildman–Crippen LogP) is 5.50. The summed E-state index contributed by atoms with van der Waals surface area (Å²) >= 11 is 1.64. The van der Waals surface area contributed by atoms with E-state index in [1.807, 2.05) is 66.7 Å². The molecule has 1 aliphatic heterocycles. The Morgan fingerprint density at radius 3 is 2.37 bits per heavy atom. The number of amides is 1. The number of hydrogen-bond donors (Lipinski definition) is 3. The van der Waals surface area contributed by atoms with Gasteiger partial charge in [0, 0.05) is 42.5 Å². The summed E-state index contributed by atoms with van der Waals surface area (Å²) in [7, 11) is 0. The number of aromatic nitrogens is 1. The highest BCUT2D eigenvalue weighted by Crippen LogP contribution is 2.39. The molecule has 38 heavy (non-hydrogen) atoms. The molecule has 0 spiro atoms. The summed E-state index contributed by atoms with van der Waals surface area (Å²) in [5.74, 6) is -0.278. The van der Waals surface area contributed by atoms with E-state index in [1.165, 1.54) is 0 Å². The molecule has 0 bridgehead atoms. The Balaban J connectivity index is 1.41. The molecule has 4 rings (SSSR count). The fourth-order valence-electron chi connectivity index (χ4n) is 4.14. The lowest BCUT2D eigenvalue weighted by Crippen LogP contribution is -2.31. The molecular formula is C29H32N2O6S. The molecule has 1 fully saturated rings. The number of rotatable bonds is 12. The number of unbranched alkanes of at least 4 members (excludes halogenated alkanes) is 1. The molecule has 2 aromatic carbocycles. The Morgan fingerprint density at radius 2 is 1.68 bits per heavy atom. The van der Waals surface area contributed by atoms with E-state index in [2.05, 4.69) is 10.3 Å². The molecule has 1 aromatic heterocycles. The molecule has 1 amide bonds. The van der Waals surface area contributed by atoms with Gasteiger partial charge in [-0.2, -0.15) is 0 Å². The number of nitrogens with zero attached hydrogens (tertiary/aromatic N) is 1. The summed E-state index contributed by atoms with van der Waals surface area (Å²) in [6.07, 6.45) is 2.96. The van der Waals surface area contributed by atoms with Gasteiger partial charge in [0.2, 0.25) is 5.91 Å². The van der Waals surface area contributed by atoms with Gasteiger partial charge in [-0.25, -0.2) is 4.98 Å². The largest absolute Gasteiger partial charge is 0.481 e. The van der Waals surface area contributed by atoms with E-state index in [4.69, 9.17) is 14.6 Å². The zero-order valence-corrected chi connectivity index (χ0v) is 21.8. The molecule has 200 valence electrons. The van der Waals surface area contributed by atoms with Crippen LogP contribution in [0.3, 0.4) is 0 Å². The van der Waals surface area contributed by atoms with Crippen LogP contribution in [0.1, 0.15) is 61.2 Å². The van der Waals surface area contributed by atoms with Crippen molar-refractivity contribution >= 4 is 29.3 Å². The van der Waals surface area contributed by atoms with Crippen LogP contribution in [0.15, 0.2) is 78.0 Å². The second-order valence-electron chi connectivity index (χ2n) is 9.10. The summed E-state index contributed by atoms with van der Waals surface area (Å²) < 4.78 is 12.7. The fourth-order valence-corrected chi connectivity index (χ4v) is 5.02. The van der Waals surface area contributed by atoms with Crippen molar-refractivity contribution in [3.8, 4) is 0 Å². The smallest absolute Gasteiger partial charge is 0.303 e. The molecule has 2 heterocycles. The van der Waals surface area contributed by atoms with Crippen LogP contribution in [-0.4, -0.2) is 38.9 Å². The molecule has 8 nitrogen and oxygen atoms in total. The SMILES string of the molecule is O=C(O)CCCCC(=O)Nc1ccc([C@H]2O[C@@H](CSc3ccccn3)C[C@@H](c3ccc(CO)cc3)O2)cc1. The second kappa shape index (κ2) is 14.1. The van der Waals surface area contributed by atoms with Crippen LogP contribution in [0.4, 0.5) is 5.69 Å². The number of carboxylic acid groups (broad SMARTS) is 1. The highest BCUT2D eigenvalue weighted by atomic mass is 32.2. The molecule has 0 radical (unpaired) electrons.